The van der Waals surface area contributed by atoms with Gasteiger partial charge in [0.05, 0.1) is 16.7 Å². The Morgan fingerprint density at radius 1 is 1.12 bits per heavy atom. The van der Waals surface area contributed by atoms with Crippen LogP contribution in [0.2, 0.25) is 0 Å². The lowest BCUT2D eigenvalue weighted by molar-refractivity contribution is 0.911. The molecule has 0 unspecified atom stereocenters. The number of aryl methyl sites for hydroxylation is 1. The van der Waals surface area contributed by atoms with E-state index >= 15 is 0 Å². The summed E-state index contributed by atoms with van der Waals surface area (Å²) >= 11 is 3.44. The Morgan fingerprint density at radius 3 is 2.65 bits per heavy atom. The molecular formula is C13H10BrN3. The van der Waals surface area contributed by atoms with Crippen LogP contribution in [0.5, 0.6) is 0 Å². The first kappa shape index (κ1) is 10.5. The zero-order valence-electron chi connectivity index (χ0n) is 9.26. The molecular weight excluding hydrogens is 278 g/mol. The molecule has 0 saturated heterocycles. The van der Waals surface area contributed by atoms with Crippen molar-refractivity contribution in [3.8, 4) is 11.3 Å². The van der Waals surface area contributed by atoms with E-state index in [4.69, 9.17) is 0 Å². The summed E-state index contributed by atoms with van der Waals surface area (Å²) < 4.78 is 2.82. The molecule has 4 heteroatoms. The molecule has 0 N–H and O–H groups in total. The first-order chi connectivity index (χ1) is 8.27. The minimum Gasteiger partial charge on any atom is -0.320 e. The minimum absolute atomic E-state index is 0.817. The molecule has 2 heterocycles. The zero-order chi connectivity index (χ0) is 11.8. The maximum atomic E-state index is 4.47. The first-order valence-electron chi connectivity index (χ1n) is 5.30. The molecule has 1 aromatic carbocycles. The molecule has 84 valence electrons. The van der Waals surface area contributed by atoms with Crippen LogP contribution in [0.1, 0.15) is 0 Å². The molecule has 17 heavy (non-hydrogen) atoms. The molecule has 0 amide bonds. The number of nitrogens with zero attached hydrogens (tertiary/aromatic N) is 3. The number of aromatic nitrogens is 3. The first-order valence-corrected chi connectivity index (χ1v) is 6.09. The fourth-order valence-corrected chi connectivity index (χ4v) is 2.31. The molecule has 0 saturated carbocycles. The summed E-state index contributed by atoms with van der Waals surface area (Å²) in [6, 6.07) is 12.1. The van der Waals surface area contributed by atoms with E-state index in [0.717, 1.165) is 27.0 Å². The Labute approximate surface area is 107 Å². The van der Waals surface area contributed by atoms with Crippen LogP contribution in [-0.4, -0.2) is 14.5 Å². The predicted octanol–water partition coefficient (Wildman–Crippen LogP) is 3.40. The topological polar surface area (TPSA) is 30.7 Å². The number of halogens is 1. The molecule has 0 aliphatic carbocycles. The van der Waals surface area contributed by atoms with Crippen molar-refractivity contribution < 1.29 is 0 Å². The number of pyridine rings is 1. The van der Waals surface area contributed by atoms with Crippen LogP contribution in [0.25, 0.3) is 22.3 Å². The monoisotopic (exact) mass is 287 g/mol. The Morgan fingerprint density at radius 2 is 1.88 bits per heavy atom. The summed E-state index contributed by atoms with van der Waals surface area (Å²) in [5.74, 6) is 0. The normalized spacial score (nSPS) is 10.9. The van der Waals surface area contributed by atoms with Crippen LogP contribution in [0.15, 0.2) is 47.3 Å². The van der Waals surface area contributed by atoms with Gasteiger partial charge in [-0.1, -0.05) is 30.3 Å². The predicted molar refractivity (Wildman–Crippen MR) is 71.6 cm³/mol. The zero-order valence-corrected chi connectivity index (χ0v) is 10.8. The second-order valence-electron chi connectivity index (χ2n) is 3.83. The highest BCUT2D eigenvalue weighted by atomic mass is 79.9. The van der Waals surface area contributed by atoms with Gasteiger partial charge in [0.2, 0.25) is 0 Å². The molecule has 2 aromatic heterocycles. The van der Waals surface area contributed by atoms with Crippen LogP contribution in [0, 0.1) is 0 Å². The van der Waals surface area contributed by atoms with E-state index in [0.29, 0.717) is 0 Å². The highest BCUT2D eigenvalue weighted by molar-refractivity contribution is 9.10. The summed E-state index contributed by atoms with van der Waals surface area (Å²) in [5.41, 5.74) is 4.07. The van der Waals surface area contributed by atoms with Crippen molar-refractivity contribution in [1.82, 2.24) is 14.5 Å². The van der Waals surface area contributed by atoms with Gasteiger partial charge in [-0.05, 0) is 22.0 Å². The number of hydrogen-bond acceptors (Lipinski definition) is 2. The highest BCUT2D eigenvalue weighted by Crippen LogP contribution is 2.27. The van der Waals surface area contributed by atoms with Crippen LogP contribution >= 0.6 is 15.9 Å². The lowest BCUT2D eigenvalue weighted by atomic mass is 10.1. The second-order valence-corrected chi connectivity index (χ2v) is 4.54. The van der Waals surface area contributed by atoms with E-state index in [-0.39, 0.29) is 0 Å². The molecule has 0 aliphatic rings. The number of benzene rings is 1. The maximum absolute atomic E-state index is 4.47. The van der Waals surface area contributed by atoms with Gasteiger partial charge in [0.15, 0.2) is 4.73 Å². The van der Waals surface area contributed by atoms with Gasteiger partial charge in [0.25, 0.3) is 0 Å². The molecule has 0 radical (unpaired) electrons. The van der Waals surface area contributed by atoms with Gasteiger partial charge in [-0.15, -0.1) is 0 Å². The van der Waals surface area contributed by atoms with E-state index in [9.17, 15) is 0 Å². The van der Waals surface area contributed by atoms with E-state index in [2.05, 4.69) is 38.0 Å². The average Bonchev–Trinajstić information content (AvgIpc) is 2.66. The van der Waals surface area contributed by atoms with E-state index < -0.39 is 0 Å². The standard InChI is InChI=1S/C13H10BrN3/c1-17-12-10(16-13(17)14)7-8-15-11(12)9-5-3-2-4-6-9/h2-8H,1H3. The Bertz CT molecular complexity index is 674. The fourth-order valence-electron chi connectivity index (χ4n) is 1.94. The van der Waals surface area contributed by atoms with Gasteiger partial charge in [-0.3, -0.25) is 4.98 Å². The number of hydrogen-bond donors (Lipinski definition) is 0. The van der Waals surface area contributed by atoms with Crippen molar-refractivity contribution in [2.24, 2.45) is 7.05 Å². The lowest BCUT2D eigenvalue weighted by Gasteiger charge is -2.04. The number of rotatable bonds is 1. The fraction of sp³-hybridized carbons (Fsp3) is 0.0769. The van der Waals surface area contributed by atoms with Gasteiger partial charge < -0.3 is 4.57 Å². The third-order valence-electron chi connectivity index (χ3n) is 2.78. The van der Waals surface area contributed by atoms with Crippen molar-refractivity contribution in [3.05, 3.63) is 47.3 Å². The minimum atomic E-state index is 0.817. The third kappa shape index (κ3) is 1.65. The van der Waals surface area contributed by atoms with Gasteiger partial charge in [0.1, 0.15) is 0 Å². The van der Waals surface area contributed by atoms with Crippen LogP contribution in [0.3, 0.4) is 0 Å². The summed E-state index contributed by atoms with van der Waals surface area (Å²) in [7, 11) is 1.98. The summed E-state index contributed by atoms with van der Waals surface area (Å²) in [4.78, 5) is 8.91. The average molecular weight is 288 g/mol. The molecule has 3 nitrogen and oxygen atoms in total. The Hall–Kier alpha value is -1.68. The molecule has 0 fully saturated rings. The molecule has 0 atom stereocenters. The van der Waals surface area contributed by atoms with Crippen LogP contribution < -0.4 is 0 Å². The van der Waals surface area contributed by atoms with Crippen molar-refractivity contribution in [2.75, 3.05) is 0 Å². The van der Waals surface area contributed by atoms with E-state index in [1.165, 1.54) is 0 Å². The van der Waals surface area contributed by atoms with E-state index in [1.807, 2.05) is 35.9 Å². The maximum Gasteiger partial charge on any atom is 0.177 e. The Balaban J connectivity index is 2.37. The molecule has 0 aliphatic heterocycles. The second kappa shape index (κ2) is 3.96. The largest absolute Gasteiger partial charge is 0.320 e. The van der Waals surface area contributed by atoms with Crippen LogP contribution in [0.4, 0.5) is 0 Å². The summed E-state index contributed by atoms with van der Waals surface area (Å²) in [6.07, 6.45) is 1.80. The van der Waals surface area contributed by atoms with E-state index in [1.54, 1.807) is 6.20 Å². The number of fused-ring (bicyclic) bond motifs is 1. The van der Waals surface area contributed by atoms with Gasteiger partial charge in [-0.2, -0.15) is 0 Å². The molecule has 3 aromatic rings. The summed E-state index contributed by atoms with van der Waals surface area (Å²) in [6.45, 7) is 0. The van der Waals surface area contributed by atoms with Crippen LogP contribution in [-0.2, 0) is 7.05 Å². The smallest absolute Gasteiger partial charge is 0.177 e. The third-order valence-corrected chi connectivity index (χ3v) is 3.48. The van der Waals surface area contributed by atoms with Crippen molar-refractivity contribution >= 4 is 27.0 Å². The quantitative estimate of drug-likeness (QED) is 0.687. The van der Waals surface area contributed by atoms with Gasteiger partial charge >= 0.3 is 0 Å². The van der Waals surface area contributed by atoms with Crippen molar-refractivity contribution in [1.29, 1.82) is 0 Å². The lowest BCUT2D eigenvalue weighted by Crippen LogP contribution is -1.92. The highest BCUT2D eigenvalue weighted by Gasteiger charge is 2.11. The van der Waals surface area contributed by atoms with Crippen molar-refractivity contribution in [3.63, 3.8) is 0 Å². The summed E-state index contributed by atoms with van der Waals surface area (Å²) in [5, 5.41) is 0. The molecule has 3 rings (SSSR count). The van der Waals surface area contributed by atoms with Crippen molar-refractivity contribution in [2.45, 2.75) is 0 Å². The van der Waals surface area contributed by atoms with Gasteiger partial charge in [0, 0.05) is 18.8 Å². The molecule has 0 spiro atoms. The van der Waals surface area contributed by atoms with Gasteiger partial charge in [-0.25, -0.2) is 4.98 Å². The number of imidazole rings is 1. The Kier molecular flexibility index (Phi) is 2.44. The molecule has 0 bridgehead atoms. The SMILES string of the molecule is Cn1c(Br)nc2ccnc(-c3ccccc3)c21.